The van der Waals surface area contributed by atoms with Crippen LogP contribution in [0.5, 0.6) is 0 Å². The molecule has 0 radical (unpaired) electrons. The van der Waals surface area contributed by atoms with E-state index in [1.54, 1.807) is 0 Å². The number of aliphatic carboxylic acids is 1. The van der Waals surface area contributed by atoms with Gasteiger partial charge in [-0.2, -0.15) is 0 Å². The van der Waals surface area contributed by atoms with Crippen molar-refractivity contribution < 1.29 is 9.90 Å². The van der Waals surface area contributed by atoms with E-state index in [9.17, 15) is 4.79 Å². The van der Waals surface area contributed by atoms with Gasteiger partial charge in [0.15, 0.2) is 0 Å². The van der Waals surface area contributed by atoms with Gasteiger partial charge in [-0.1, -0.05) is 53.9 Å². The molecule has 0 saturated heterocycles. The lowest BCUT2D eigenvalue weighted by atomic mass is 9.74. The lowest BCUT2D eigenvalue weighted by Crippen LogP contribution is -2.23. The van der Waals surface area contributed by atoms with E-state index in [1.807, 2.05) is 0 Å². The minimum absolute atomic E-state index is 0.137. The first-order valence-electron chi connectivity index (χ1n) is 7.05. The Kier molecular flexibility index (Phi) is 7.49. The maximum absolute atomic E-state index is 11.1. The van der Waals surface area contributed by atoms with E-state index in [-0.39, 0.29) is 5.92 Å². The van der Waals surface area contributed by atoms with Crippen molar-refractivity contribution in [3.63, 3.8) is 0 Å². The molecule has 0 aromatic carbocycles. The quantitative estimate of drug-likeness (QED) is 0.668. The third-order valence-electron chi connectivity index (χ3n) is 3.71. The highest BCUT2D eigenvalue weighted by atomic mass is 16.4. The summed E-state index contributed by atoms with van der Waals surface area (Å²) in [5.41, 5.74) is 0.297. The molecule has 0 rings (SSSR count). The Balaban J connectivity index is 4.31. The second kappa shape index (κ2) is 7.73. The van der Waals surface area contributed by atoms with Crippen LogP contribution < -0.4 is 0 Å². The third-order valence-corrected chi connectivity index (χ3v) is 3.71. The van der Waals surface area contributed by atoms with Crippen molar-refractivity contribution in [1.82, 2.24) is 0 Å². The number of carboxylic acid groups (broad SMARTS) is 1. The minimum Gasteiger partial charge on any atom is -0.481 e. The molecule has 0 aliphatic carbocycles. The topological polar surface area (TPSA) is 37.3 Å². The highest BCUT2D eigenvalue weighted by Gasteiger charge is 2.26. The van der Waals surface area contributed by atoms with Gasteiger partial charge >= 0.3 is 5.97 Å². The molecule has 17 heavy (non-hydrogen) atoms. The molecule has 0 amide bonds. The molecule has 1 N–H and O–H groups in total. The molecular weight excluding hydrogens is 212 g/mol. The number of rotatable bonds is 8. The summed E-state index contributed by atoms with van der Waals surface area (Å²) in [6.07, 6.45) is 6.07. The molecule has 2 atom stereocenters. The van der Waals surface area contributed by atoms with Crippen molar-refractivity contribution in [3.8, 4) is 0 Å². The zero-order valence-corrected chi connectivity index (χ0v) is 12.3. The average Bonchev–Trinajstić information content (AvgIpc) is 2.20. The van der Waals surface area contributed by atoms with E-state index in [0.29, 0.717) is 11.3 Å². The normalized spacial score (nSPS) is 15.6. The van der Waals surface area contributed by atoms with Crippen LogP contribution in [-0.2, 0) is 4.79 Å². The first-order chi connectivity index (χ1) is 7.82. The van der Waals surface area contributed by atoms with Gasteiger partial charge in [0.25, 0.3) is 0 Å². The van der Waals surface area contributed by atoms with E-state index in [1.165, 1.54) is 12.8 Å². The SMILES string of the molecule is CCCC(CCC(CCC)C(C)(C)C)C(=O)O. The monoisotopic (exact) mass is 242 g/mol. The average molecular weight is 242 g/mol. The molecule has 2 nitrogen and oxygen atoms in total. The van der Waals surface area contributed by atoms with Crippen LogP contribution in [0.3, 0.4) is 0 Å². The van der Waals surface area contributed by atoms with Gasteiger partial charge in [0, 0.05) is 0 Å². The maximum Gasteiger partial charge on any atom is 0.306 e. The van der Waals surface area contributed by atoms with Gasteiger partial charge < -0.3 is 5.11 Å². The molecule has 0 bridgehead atoms. The molecule has 0 saturated carbocycles. The van der Waals surface area contributed by atoms with Gasteiger partial charge in [-0.3, -0.25) is 4.79 Å². The zero-order valence-electron chi connectivity index (χ0n) is 12.3. The van der Waals surface area contributed by atoms with E-state index in [2.05, 4.69) is 34.6 Å². The van der Waals surface area contributed by atoms with E-state index in [4.69, 9.17) is 5.11 Å². The summed E-state index contributed by atoms with van der Waals surface area (Å²) >= 11 is 0. The molecule has 102 valence electrons. The van der Waals surface area contributed by atoms with Gasteiger partial charge in [0.1, 0.15) is 0 Å². The van der Waals surface area contributed by atoms with Crippen molar-refractivity contribution in [1.29, 1.82) is 0 Å². The van der Waals surface area contributed by atoms with E-state index in [0.717, 1.165) is 25.7 Å². The number of hydrogen-bond donors (Lipinski definition) is 1. The molecular formula is C15H30O2. The van der Waals surface area contributed by atoms with Crippen molar-refractivity contribution in [2.75, 3.05) is 0 Å². The predicted molar refractivity (Wildman–Crippen MR) is 73.1 cm³/mol. The van der Waals surface area contributed by atoms with Crippen LogP contribution in [0.25, 0.3) is 0 Å². The van der Waals surface area contributed by atoms with Crippen molar-refractivity contribution >= 4 is 5.97 Å². The Hall–Kier alpha value is -0.530. The first kappa shape index (κ1) is 16.5. The molecule has 0 spiro atoms. The molecule has 2 heteroatoms. The van der Waals surface area contributed by atoms with Crippen LogP contribution in [0.1, 0.15) is 73.1 Å². The maximum atomic E-state index is 11.1. The fourth-order valence-electron chi connectivity index (χ4n) is 2.50. The Morgan fingerprint density at radius 3 is 1.88 bits per heavy atom. The molecule has 0 fully saturated rings. The predicted octanol–water partition coefficient (Wildman–Crippen LogP) is 4.73. The number of carboxylic acids is 1. The third kappa shape index (κ3) is 6.70. The molecule has 0 aliphatic heterocycles. The number of carbonyl (C=O) groups is 1. The molecule has 0 aromatic heterocycles. The summed E-state index contributed by atoms with van der Waals surface area (Å²) < 4.78 is 0. The first-order valence-corrected chi connectivity index (χ1v) is 7.05. The summed E-state index contributed by atoms with van der Waals surface area (Å²) in [5, 5.41) is 9.15. The Labute approximate surface area is 107 Å². The molecule has 0 aliphatic rings. The van der Waals surface area contributed by atoms with Crippen LogP contribution in [0.15, 0.2) is 0 Å². The smallest absolute Gasteiger partial charge is 0.306 e. The zero-order chi connectivity index (χ0) is 13.5. The standard InChI is InChI=1S/C15H30O2/c1-6-8-12(14(16)17)10-11-13(9-7-2)15(3,4)5/h12-13H,6-11H2,1-5H3,(H,16,17). The van der Waals surface area contributed by atoms with Crippen molar-refractivity contribution in [2.24, 2.45) is 17.3 Å². The summed E-state index contributed by atoms with van der Waals surface area (Å²) in [5.74, 6) is -0.107. The van der Waals surface area contributed by atoms with E-state index < -0.39 is 5.97 Å². The number of hydrogen-bond acceptors (Lipinski definition) is 1. The summed E-state index contributed by atoms with van der Waals surface area (Å²) in [4.78, 5) is 11.1. The Morgan fingerprint density at radius 1 is 1.00 bits per heavy atom. The molecule has 0 aromatic rings. The lowest BCUT2D eigenvalue weighted by molar-refractivity contribution is -0.142. The molecule has 0 heterocycles. The van der Waals surface area contributed by atoms with Crippen LogP contribution >= 0.6 is 0 Å². The van der Waals surface area contributed by atoms with Gasteiger partial charge in [-0.25, -0.2) is 0 Å². The Morgan fingerprint density at radius 2 is 1.53 bits per heavy atom. The van der Waals surface area contributed by atoms with Crippen LogP contribution in [-0.4, -0.2) is 11.1 Å². The van der Waals surface area contributed by atoms with E-state index >= 15 is 0 Å². The second-order valence-corrected chi connectivity index (χ2v) is 6.25. The van der Waals surface area contributed by atoms with Gasteiger partial charge in [-0.05, 0) is 30.6 Å². The highest BCUT2D eigenvalue weighted by molar-refractivity contribution is 5.69. The van der Waals surface area contributed by atoms with Crippen LogP contribution in [0, 0.1) is 17.3 Å². The summed E-state index contributed by atoms with van der Waals surface area (Å²) in [6, 6.07) is 0. The Bertz CT molecular complexity index is 215. The van der Waals surface area contributed by atoms with Crippen molar-refractivity contribution in [3.05, 3.63) is 0 Å². The van der Waals surface area contributed by atoms with Gasteiger partial charge in [0.05, 0.1) is 5.92 Å². The minimum atomic E-state index is -0.615. The highest BCUT2D eigenvalue weighted by Crippen LogP contribution is 2.34. The summed E-state index contributed by atoms with van der Waals surface area (Å²) in [7, 11) is 0. The van der Waals surface area contributed by atoms with Crippen molar-refractivity contribution in [2.45, 2.75) is 73.1 Å². The van der Waals surface area contributed by atoms with Gasteiger partial charge in [0.2, 0.25) is 0 Å². The summed E-state index contributed by atoms with van der Waals surface area (Å²) in [6.45, 7) is 11.1. The van der Waals surface area contributed by atoms with Crippen LogP contribution in [0.4, 0.5) is 0 Å². The van der Waals surface area contributed by atoms with Crippen LogP contribution in [0.2, 0.25) is 0 Å². The van der Waals surface area contributed by atoms with Gasteiger partial charge in [-0.15, -0.1) is 0 Å². The fraction of sp³-hybridized carbons (Fsp3) is 0.933. The fourth-order valence-corrected chi connectivity index (χ4v) is 2.50. The lowest BCUT2D eigenvalue weighted by Gasteiger charge is -2.31. The molecule has 2 unspecified atom stereocenters. The second-order valence-electron chi connectivity index (χ2n) is 6.25. The largest absolute Gasteiger partial charge is 0.481 e.